The Hall–Kier alpha value is -4.75. The molecule has 0 aliphatic rings. The van der Waals surface area contributed by atoms with E-state index >= 15 is 0 Å². The number of amides is 1. The van der Waals surface area contributed by atoms with Gasteiger partial charge in [0.1, 0.15) is 18.2 Å². The number of nitrogens with one attached hydrogen (secondary N) is 1. The van der Waals surface area contributed by atoms with E-state index in [0.717, 1.165) is 15.8 Å². The number of anilines is 1. The highest BCUT2D eigenvalue weighted by atomic mass is 32.1. The van der Waals surface area contributed by atoms with E-state index in [4.69, 9.17) is 9.47 Å². The van der Waals surface area contributed by atoms with Crippen LogP contribution in [0.3, 0.4) is 0 Å². The van der Waals surface area contributed by atoms with E-state index in [0.29, 0.717) is 22.2 Å². The molecule has 1 heterocycles. The van der Waals surface area contributed by atoms with Gasteiger partial charge in [0, 0.05) is 12.1 Å². The number of non-ortho nitro benzene ring substituents is 1. The van der Waals surface area contributed by atoms with Crippen LogP contribution in [0, 0.1) is 21.4 Å². The summed E-state index contributed by atoms with van der Waals surface area (Å²) in [7, 11) is 1.48. The number of nitriles is 1. The van der Waals surface area contributed by atoms with Crippen molar-refractivity contribution in [1.82, 2.24) is 4.98 Å². The summed E-state index contributed by atoms with van der Waals surface area (Å²) in [6.45, 7) is 0.178. The summed E-state index contributed by atoms with van der Waals surface area (Å²) in [5.74, 6) is 0.286. The summed E-state index contributed by atoms with van der Waals surface area (Å²) in [6.07, 6.45) is 1.45. The van der Waals surface area contributed by atoms with E-state index in [9.17, 15) is 20.2 Å². The molecule has 10 heteroatoms. The summed E-state index contributed by atoms with van der Waals surface area (Å²) in [5.41, 5.74) is 2.00. The van der Waals surface area contributed by atoms with Gasteiger partial charge in [-0.05, 0) is 53.6 Å². The molecule has 0 saturated carbocycles. The standard InChI is InChI=1S/C25H18N4O5S/c1-33-22-13-17(8-11-21(22)34-15-16-6-9-19(10-7-16)29(31)32)12-18(14-26)24(30)28-25-27-20-4-2-3-5-23(20)35-25/h2-13H,15H2,1H3,(H,27,28,30)/b18-12+. The van der Waals surface area contributed by atoms with Crippen molar-refractivity contribution in [1.29, 1.82) is 5.26 Å². The number of aromatic nitrogens is 1. The Balaban J connectivity index is 1.47. The molecule has 0 radical (unpaired) electrons. The first kappa shape index (κ1) is 23.4. The molecule has 1 N–H and O–H groups in total. The number of nitro benzene ring substituents is 1. The maximum atomic E-state index is 12.6. The number of rotatable bonds is 8. The van der Waals surface area contributed by atoms with Gasteiger partial charge in [0.05, 0.1) is 22.2 Å². The second-order valence-corrected chi connectivity index (χ2v) is 8.26. The number of carbonyl (C=O) groups excluding carboxylic acids is 1. The predicted molar refractivity (Wildman–Crippen MR) is 132 cm³/mol. The Morgan fingerprint density at radius 2 is 1.94 bits per heavy atom. The molecule has 4 rings (SSSR count). The Bertz CT molecular complexity index is 1440. The number of carbonyl (C=O) groups is 1. The molecular weight excluding hydrogens is 468 g/mol. The Morgan fingerprint density at radius 3 is 2.63 bits per heavy atom. The van der Waals surface area contributed by atoms with Gasteiger partial charge in [-0.25, -0.2) is 4.98 Å². The smallest absolute Gasteiger partial charge is 0.269 e. The number of fused-ring (bicyclic) bond motifs is 1. The van der Waals surface area contributed by atoms with Crippen LogP contribution < -0.4 is 14.8 Å². The molecule has 9 nitrogen and oxygen atoms in total. The van der Waals surface area contributed by atoms with Gasteiger partial charge in [0.2, 0.25) is 0 Å². The molecule has 0 unspecified atom stereocenters. The van der Waals surface area contributed by atoms with Crippen LogP contribution in [0.15, 0.2) is 72.3 Å². The van der Waals surface area contributed by atoms with Gasteiger partial charge < -0.3 is 9.47 Å². The molecule has 35 heavy (non-hydrogen) atoms. The van der Waals surface area contributed by atoms with Crippen molar-refractivity contribution in [2.75, 3.05) is 12.4 Å². The lowest BCUT2D eigenvalue weighted by Gasteiger charge is -2.11. The van der Waals surface area contributed by atoms with Gasteiger partial charge in [-0.3, -0.25) is 20.2 Å². The quantitative estimate of drug-likeness (QED) is 0.154. The van der Waals surface area contributed by atoms with Crippen LogP contribution in [-0.2, 0) is 11.4 Å². The second kappa shape index (κ2) is 10.5. The van der Waals surface area contributed by atoms with Crippen LogP contribution in [0.2, 0.25) is 0 Å². The molecule has 4 aromatic rings. The third-order valence-electron chi connectivity index (χ3n) is 4.92. The van der Waals surface area contributed by atoms with Crippen molar-refractivity contribution < 1.29 is 19.2 Å². The molecule has 1 aromatic heterocycles. The van der Waals surface area contributed by atoms with Crippen LogP contribution in [0.1, 0.15) is 11.1 Å². The predicted octanol–water partition coefficient (Wildman–Crippen LogP) is 5.34. The normalized spacial score (nSPS) is 11.0. The molecule has 0 fully saturated rings. The number of para-hydroxylation sites is 1. The van der Waals surface area contributed by atoms with E-state index in [1.54, 1.807) is 30.3 Å². The van der Waals surface area contributed by atoms with E-state index in [1.807, 2.05) is 30.3 Å². The van der Waals surface area contributed by atoms with Gasteiger partial charge >= 0.3 is 0 Å². The first-order valence-corrected chi connectivity index (χ1v) is 11.1. The van der Waals surface area contributed by atoms with E-state index < -0.39 is 10.8 Å². The third-order valence-corrected chi connectivity index (χ3v) is 5.87. The van der Waals surface area contributed by atoms with Gasteiger partial charge in [-0.1, -0.05) is 29.5 Å². The number of benzene rings is 3. The van der Waals surface area contributed by atoms with Crippen LogP contribution in [0.25, 0.3) is 16.3 Å². The molecular formula is C25H18N4O5S. The average Bonchev–Trinajstić information content (AvgIpc) is 3.28. The Kier molecular flexibility index (Phi) is 6.99. The molecule has 0 aliphatic heterocycles. The lowest BCUT2D eigenvalue weighted by atomic mass is 10.1. The van der Waals surface area contributed by atoms with Crippen LogP contribution >= 0.6 is 11.3 Å². The zero-order chi connectivity index (χ0) is 24.8. The van der Waals surface area contributed by atoms with E-state index in [-0.39, 0.29) is 17.9 Å². The van der Waals surface area contributed by atoms with Gasteiger partial charge in [0.25, 0.3) is 11.6 Å². The molecule has 0 aliphatic carbocycles. The zero-order valence-electron chi connectivity index (χ0n) is 18.4. The Labute approximate surface area is 204 Å². The lowest BCUT2D eigenvalue weighted by molar-refractivity contribution is -0.384. The van der Waals surface area contributed by atoms with Crippen molar-refractivity contribution in [3.8, 4) is 17.6 Å². The van der Waals surface area contributed by atoms with Crippen molar-refractivity contribution in [2.45, 2.75) is 6.61 Å². The summed E-state index contributed by atoms with van der Waals surface area (Å²) in [5, 5.41) is 23.4. The fourth-order valence-corrected chi connectivity index (χ4v) is 4.03. The zero-order valence-corrected chi connectivity index (χ0v) is 19.2. The van der Waals surface area contributed by atoms with Crippen molar-refractivity contribution >= 4 is 44.4 Å². The van der Waals surface area contributed by atoms with E-state index in [2.05, 4.69) is 10.3 Å². The van der Waals surface area contributed by atoms with Crippen molar-refractivity contribution in [3.63, 3.8) is 0 Å². The molecule has 174 valence electrons. The first-order chi connectivity index (χ1) is 17.0. The number of nitrogens with zero attached hydrogens (tertiary/aromatic N) is 3. The minimum absolute atomic E-state index is 0.00272. The molecule has 0 bridgehead atoms. The fraction of sp³-hybridized carbons (Fsp3) is 0.0800. The lowest BCUT2D eigenvalue weighted by Crippen LogP contribution is -2.13. The summed E-state index contributed by atoms with van der Waals surface area (Å²) in [4.78, 5) is 27.3. The molecule has 0 saturated heterocycles. The summed E-state index contributed by atoms with van der Waals surface area (Å²) < 4.78 is 12.1. The maximum absolute atomic E-state index is 12.6. The van der Waals surface area contributed by atoms with Crippen molar-refractivity contribution in [3.05, 3.63) is 93.5 Å². The third kappa shape index (κ3) is 5.61. The molecule has 0 spiro atoms. The first-order valence-electron chi connectivity index (χ1n) is 10.3. The number of hydrogen-bond acceptors (Lipinski definition) is 8. The van der Waals surface area contributed by atoms with Gasteiger partial charge in [-0.2, -0.15) is 5.26 Å². The van der Waals surface area contributed by atoms with Crippen LogP contribution in [0.4, 0.5) is 10.8 Å². The second-order valence-electron chi connectivity index (χ2n) is 7.23. The number of nitro groups is 1. The number of methoxy groups -OCH3 is 1. The minimum Gasteiger partial charge on any atom is -0.493 e. The van der Waals surface area contributed by atoms with Crippen LogP contribution in [-0.4, -0.2) is 22.9 Å². The van der Waals surface area contributed by atoms with Gasteiger partial charge in [0.15, 0.2) is 16.6 Å². The SMILES string of the molecule is COc1cc(/C=C(\C#N)C(=O)Nc2nc3ccccc3s2)ccc1OCc1ccc([N+](=O)[O-])cc1. The fourth-order valence-electron chi connectivity index (χ4n) is 3.17. The number of hydrogen-bond donors (Lipinski definition) is 1. The maximum Gasteiger partial charge on any atom is 0.269 e. The number of ether oxygens (including phenoxy) is 2. The number of thiazole rings is 1. The average molecular weight is 487 g/mol. The van der Waals surface area contributed by atoms with E-state index in [1.165, 1.54) is 36.7 Å². The Morgan fingerprint density at radius 1 is 1.17 bits per heavy atom. The van der Waals surface area contributed by atoms with Gasteiger partial charge in [-0.15, -0.1) is 0 Å². The highest BCUT2D eigenvalue weighted by Crippen LogP contribution is 2.30. The molecule has 0 atom stereocenters. The monoisotopic (exact) mass is 486 g/mol. The summed E-state index contributed by atoms with van der Waals surface area (Å²) in [6, 6.07) is 20.5. The minimum atomic E-state index is -0.566. The largest absolute Gasteiger partial charge is 0.493 e. The highest BCUT2D eigenvalue weighted by molar-refractivity contribution is 7.22. The molecule has 1 amide bonds. The topological polar surface area (TPSA) is 127 Å². The molecule has 3 aromatic carbocycles. The van der Waals surface area contributed by atoms with Crippen molar-refractivity contribution in [2.24, 2.45) is 0 Å². The highest BCUT2D eigenvalue weighted by Gasteiger charge is 2.14. The summed E-state index contributed by atoms with van der Waals surface area (Å²) >= 11 is 1.32. The van der Waals surface area contributed by atoms with Crippen LogP contribution in [0.5, 0.6) is 11.5 Å².